The Morgan fingerprint density at radius 3 is 2.59 bits per heavy atom. The van der Waals surface area contributed by atoms with Crippen molar-refractivity contribution >= 4 is 45.7 Å². The molecule has 0 unspecified atom stereocenters. The van der Waals surface area contributed by atoms with Gasteiger partial charge in [0.2, 0.25) is 5.91 Å². The van der Waals surface area contributed by atoms with Crippen LogP contribution in [-0.4, -0.2) is 24.6 Å². The highest BCUT2D eigenvalue weighted by atomic mass is 32.2. The molecule has 4 nitrogen and oxygen atoms in total. The van der Waals surface area contributed by atoms with Crippen LogP contribution in [0.5, 0.6) is 0 Å². The Balaban J connectivity index is 1.60. The van der Waals surface area contributed by atoms with E-state index < -0.39 is 0 Å². The number of nitrogens with zero attached hydrogens (tertiary/aromatic N) is 1. The summed E-state index contributed by atoms with van der Waals surface area (Å²) in [5.74, 6) is -0.00817. The molecule has 148 valence electrons. The normalized spacial score (nSPS) is 12.6. The molecule has 0 bridgehead atoms. The molecule has 1 aliphatic rings. The highest BCUT2D eigenvalue weighted by Crippen LogP contribution is 2.40. The van der Waals surface area contributed by atoms with Crippen molar-refractivity contribution in [2.45, 2.75) is 31.1 Å². The summed E-state index contributed by atoms with van der Waals surface area (Å²) in [6, 6.07) is 17.6. The third kappa shape index (κ3) is 3.75. The van der Waals surface area contributed by atoms with E-state index in [1.807, 2.05) is 65.8 Å². The minimum Gasteiger partial charge on any atom is -0.325 e. The van der Waals surface area contributed by atoms with Crippen molar-refractivity contribution in [3.8, 4) is 0 Å². The summed E-state index contributed by atoms with van der Waals surface area (Å²) in [4.78, 5) is 28.5. The molecule has 3 aromatic rings. The first-order valence-corrected chi connectivity index (χ1v) is 11.1. The Morgan fingerprint density at radius 2 is 1.86 bits per heavy atom. The minimum absolute atomic E-state index is 0.0522. The number of carbonyl (C=O) groups is 2. The highest BCUT2D eigenvalue weighted by molar-refractivity contribution is 7.98. The van der Waals surface area contributed by atoms with Gasteiger partial charge in [-0.1, -0.05) is 37.6 Å². The quantitative estimate of drug-likeness (QED) is 0.529. The third-order valence-corrected chi connectivity index (χ3v) is 6.06. The predicted molar refractivity (Wildman–Crippen MR) is 121 cm³/mol. The van der Waals surface area contributed by atoms with Crippen LogP contribution >= 0.6 is 11.8 Å². The summed E-state index contributed by atoms with van der Waals surface area (Å²) in [6.07, 6.45) is 4.36. The van der Waals surface area contributed by atoms with Crippen LogP contribution in [0.25, 0.3) is 10.8 Å². The first-order chi connectivity index (χ1) is 14.1. The average Bonchev–Trinajstić information content (AvgIpc) is 3.01. The lowest BCUT2D eigenvalue weighted by Crippen LogP contribution is -2.27. The molecule has 0 atom stereocenters. The lowest BCUT2D eigenvalue weighted by molar-refractivity contribution is -0.115. The van der Waals surface area contributed by atoms with Gasteiger partial charge in [-0.05, 0) is 48.6 Å². The van der Waals surface area contributed by atoms with E-state index in [-0.39, 0.29) is 11.8 Å². The first kappa shape index (κ1) is 19.5. The second-order valence-electron chi connectivity index (χ2n) is 7.24. The number of thioether (sulfide) groups is 1. The summed E-state index contributed by atoms with van der Waals surface area (Å²) in [5, 5.41) is 4.90. The van der Waals surface area contributed by atoms with E-state index in [0.717, 1.165) is 52.7 Å². The van der Waals surface area contributed by atoms with Gasteiger partial charge < -0.3 is 10.2 Å². The average molecular weight is 405 g/mol. The maximum atomic E-state index is 12.8. The molecule has 1 aliphatic heterocycles. The van der Waals surface area contributed by atoms with E-state index in [1.165, 1.54) is 4.90 Å². The van der Waals surface area contributed by atoms with E-state index in [2.05, 4.69) is 12.2 Å². The van der Waals surface area contributed by atoms with Crippen LogP contribution in [0.4, 0.5) is 11.4 Å². The highest BCUT2D eigenvalue weighted by Gasteiger charge is 2.30. The molecule has 0 aliphatic carbocycles. The van der Waals surface area contributed by atoms with E-state index in [9.17, 15) is 9.59 Å². The number of carbonyl (C=O) groups excluding carboxylic acids is 2. The van der Waals surface area contributed by atoms with Crippen molar-refractivity contribution in [2.75, 3.05) is 23.0 Å². The molecule has 0 radical (unpaired) electrons. The predicted octanol–water partition coefficient (Wildman–Crippen LogP) is 5.50. The van der Waals surface area contributed by atoms with Gasteiger partial charge in [-0.15, -0.1) is 11.8 Å². The van der Waals surface area contributed by atoms with Crippen LogP contribution in [0.1, 0.15) is 35.7 Å². The lowest BCUT2D eigenvalue weighted by atomic mass is 10.0. The van der Waals surface area contributed by atoms with Gasteiger partial charge in [0.25, 0.3) is 5.91 Å². The molecule has 0 fully saturated rings. The number of benzene rings is 3. The maximum Gasteiger partial charge on any atom is 0.258 e. The summed E-state index contributed by atoms with van der Waals surface area (Å²) >= 11 is 1.68. The molecule has 5 heteroatoms. The van der Waals surface area contributed by atoms with Crippen LogP contribution < -0.4 is 10.2 Å². The minimum atomic E-state index is -0.0604. The summed E-state index contributed by atoms with van der Waals surface area (Å²) in [7, 11) is 0. The van der Waals surface area contributed by atoms with Crippen molar-refractivity contribution < 1.29 is 9.59 Å². The number of anilines is 2. The van der Waals surface area contributed by atoms with Crippen LogP contribution in [0.15, 0.2) is 59.5 Å². The molecule has 1 N–H and O–H groups in total. The fourth-order valence-corrected chi connectivity index (χ4v) is 4.22. The molecule has 1 heterocycles. The molecule has 0 aromatic heterocycles. The fourth-order valence-electron chi connectivity index (χ4n) is 3.82. The molecule has 0 saturated heterocycles. The smallest absolute Gasteiger partial charge is 0.258 e. The topological polar surface area (TPSA) is 49.4 Å². The van der Waals surface area contributed by atoms with E-state index >= 15 is 0 Å². The summed E-state index contributed by atoms with van der Waals surface area (Å²) in [5.41, 5.74) is 3.39. The number of unbranched alkanes of at least 4 members (excludes halogenated alkanes) is 1. The molecule has 29 heavy (non-hydrogen) atoms. The van der Waals surface area contributed by atoms with Gasteiger partial charge >= 0.3 is 0 Å². The fraction of sp³-hybridized carbons (Fsp3) is 0.250. The zero-order valence-corrected chi connectivity index (χ0v) is 17.5. The first-order valence-electron chi connectivity index (χ1n) is 9.92. The van der Waals surface area contributed by atoms with E-state index in [4.69, 9.17) is 0 Å². The zero-order chi connectivity index (χ0) is 20.4. The van der Waals surface area contributed by atoms with Crippen LogP contribution in [0.2, 0.25) is 0 Å². The summed E-state index contributed by atoms with van der Waals surface area (Å²) in [6.45, 7) is 2.84. The number of amides is 2. The standard InChI is InChI=1S/C24H24N2O2S/c1-3-4-14-26-21-13-12-20(18-6-5-7-19(23(18)21)24(26)28)25-22(27)15-16-8-10-17(29-2)11-9-16/h5-13H,3-4,14-15H2,1-2H3,(H,25,27). The van der Waals surface area contributed by atoms with Gasteiger partial charge in [-0.25, -0.2) is 0 Å². The van der Waals surface area contributed by atoms with Crippen molar-refractivity contribution in [1.82, 2.24) is 0 Å². The zero-order valence-electron chi connectivity index (χ0n) is 16.7. The maximum absolute atomic E-state index is 12.8. The van der Waals surface area contributed by atoms with E-state index in [0.29, 0.717) is 6.42 Å². The number of hydrogen-bond acceptors (Lipinski definition) is 3. The Hall–Kier alpha value is -2.79. The molecular weight excluding hydrogens is 380 g/mol. The lowest BCUT2D eigenvalue weighted by Gasteiger charge is -2.17. The number of hydrogen-bond donors (Lipinski definition) is 1. The van der Waals surface area contributed by atoms with Crippen LogP contribution in [0, 0.1) is 0 Å². The van der Waals surface area contributed by atoms with Crippen LogP contribution in [-0.2, 0) is 11.2 Å². The Labute approximate surface area is 175 Å². The second-order valence-corrected chi connectivity index (χ2v) is 8.12. The van der Waals surface area contributed by atoms with Gasteiger partial charge in [0.15, 0.2) is 0 Å². The van der Waals surface area contributed by atoms with Gasteiger partial charge in [-0.3, -0.25) is 9.59 Å². The van der Waals surface area contributed by atoms with Crippen molar-refractivity contribution in [1.29, 1.82) is 0 Å². The van der Waals surface area contributed by atoms with Crippen molar-refractivity contribution in [2.24, 2.45) is 0 Å². The van der Waals surface area contributed by atoms with E-state index in [1.54, 1.807) is 11.8 Å². The van der Waals surface area contributed by atoms with Gasteiger partial charge in [0.05, 0.1) is 12.1 Å². The van der Waals surface area contributed by atoms with Crippen molar-refractivity contribution in [3.05, 3.63) is 65.7 Å². The molecule has 3 aromatic carbocycles. The molecule has 2 amide bonds. The van der Waals surface area contributed by atoms with Gasteiger partial charge in [0.1, 0.15) is 0 Å². The number of nitrogens with one attached hydrogen (secondary N) is 1. The SMILES string of the molecule is CCCCN1C(=O)c2cccc3c(NC(=O)Cc4ccc(SC)cc4)ccc1c23. The largest absolute Gasteiger partial charge is 0.325 e. The number of rotatable bonds is 7. The molecule has 4 rings (SSSR count). The second kappa shape index (κ2) is 8.29. The Morgan fingerprint density at radius 1 is 1.07 bits per heavy atom. The van der Waals surface area contributed by atoms with Crippen LogP contribution in [0.3, 0.4) is 0 Å². The monoisotopic (exact) mass is 404 g/mol. The van der Waals surface area contributed by atoms with Gasteiger partial charge in [-0.2, -0.15) is 0 Å². The summed E-state index contributed by atoms with van der Waals surface area (Å²) < 4.78 is 0. The molecule has 0 saturated carbocycles. The Bertz CT molecular complexity index is 1080. The third-order valence-electron chi connectivity index (χ3n) is 5.32. The van der Waals surface area contributed by atoms with Gasteiger partial charge in [0, 0.05) is 33.5 Å². The molecular formula is C24H24N2O2S. The molecule has 0 spiro atoms. The van der Waals surface area contributed by atoms with Crippen molar-refractivity contribution in [3.63, 3.8) is 0 Å². The Kier molecular flexibility index (Phi) is 5.58.